The number of piperidine rings is 1. The molecule has 0 bridgehead atoms. The highest BCUT2D eigenvalue weighted by molar-refractivity contribution is 5.66. The van der Waals surface area contributed by atoms with Crippen LogP contribution in [0.2, 0.25) is 0 Å². The van der Waals surface area contributed by atoms with Gasteiger partial charge in [-0.15, -0.1) is 0 Å². The molecule has 7 fully saturated rings. The van der Waals surface area contributed by atoms with Gasteiger partial charge in [-0.05, 0) is 61.7 Å². The van der Waals surface area contributed by atoms with E-state index in [4.69, 9.17) is 9.47 Å². The average molecular weight is 472 g/mol. The van der Waals surface area contributed by atoms with Crippen molar-refractivity contribution in [1.82, 2.24) is 0 Å². The molecule has 0 unspecified atom stereocenters. The van der Waals surface area contributed by atoms with Crippen LogP contribution in [0.25, 0.3) is 0 Å². The molecule has 7 rings (SSSR count). The first kappa shape index (κ1) is 22.5. The van der Waals surface area contributed by atoms with Crippen molar-refractivity contribution in [1.29, 1.82) is 0 Å². The number of carbonyl (C=O) groups excluding carboxylic acids is 1. The summed E-state index contributed by atoms with van der Waals surface area (Å²) in [6, 6.07) is 0.678. The molecule has 190 valence electrons. The Hall–Kier alpha value is -0.650. The normalized spacial score (nSPS) is 63.5. The summed E-state index contributed by atoms with van der Waals surface area (Å²) in [5.41, 5.74) is 0.442. The van der Waals surface area contributed by atoms with Gasteiger partial charge in [0, 0.05) is 49.4 Å². The lowest BCUT2D eigenvalue weighted by atomic mass is 9.44. The molecular formula is C29H45NO4. The Morgan fingerprint density at radius 2 is 1.82 bits per heavy atom. The fourth-order valence-corrected chi connectivity index (χ4v) is 12.1. The lowest BCUT2D eigenvalue weighted by Gasteiger charge is -2.59. The highest BCUT2D eigenvalue weighted by atomic mass is 16.6. The molecule has 5 heteroatoms. The summed E-state index contributed by atoms with van der Waals surface area (Å²) in [5.74, 6) is 3.64. The lowest BCUT2D eigenvalue weighted by molar-refractivity contribution is -0.926. The van der Waals surface area contributed by atoms with E-state index in [9.17, 15) is 10.0 Å². The predicted octanol–water partition coefficient (Wildman–Crippen LogP) is 5.45. The summed E-state index contributed by atoms with van der Waals surface area (Å²) in [7, 11) is 0. The second-order valence-corrected chi connectivity index (χ2v) is 14.5. The second-order valence-electron chi connectivity index (χ2n) is 14.5. The summed E-state index contributed by atoms with van der Waals surface area (Å²) in [5, 5.41) is 14.5. The van der Waals surface area contributed by atoms with E-state index < -0.39 is 0 Å². The van der Waals surface area contributed by atoms with Gasteiger partial charge in [0.15, 0.2) is 0 Å². The Morgan fingerprint density at radius 1 is 1.03 bits per heavy atom. The molecule has 34 heavy (non-hydrogen) atoms. The van der Waals surface area contributed by atoms with Crippen molar-refractivity contribution in [3.63, 3.8) is 0 Å². The van der Waals surface area contributed by atoms with Gasteiger partial charge in [-0.3, -0.25) is 4.79 Å². The molecule has 7 aliphatic rings. The maximum Gasteiger partial charge on any atom is 0.302 e. The van der Waals surface area contributed by atoms with E-state index in [1.807, 2.05) is 0 Å². The summed E-state index contributed by atoms with van der Waals surface area (Å²) in [6.07, 6.45) is 10.6. The van der Waals surface area contributed by atoms with Gasteiger partial charge >= 0.3 is 5.97 Å². The lowest BCUT2D eigenvalue weighted by Crippen LogP contribution is -2.59. The summed E-state index contributed by atoms with van der Waals surface area (Å²) >= 11 is 0. The third-order valence-corrected chi connectivity index (χ3v) is 13.3. The van der Waals surface area contributed by atoms with Gasteiger partial charge in [0.1, 0.15) is 11.7 Å². The van der Waals surface area contributed by atoms with E-state index in [0.29, 0.717) is 59.1 Å². The van der Waals surface area contributed by atoms with Gasteiger partial charge in [-0.2, -0.15) is 0 Å². The van der Waals surface area contributed by atoms with E-state index >= 15 is 0 Å². The Balaban J connectivity index is 1.19. The highest BCUT2D eigenvalue weighted by Crippen LogP contribution is 2.76. The number of fused-ring (bicyclic) bond motifs is 8. The minimum absolute atomic E-state index is 0.0236. The van der Waals surface area contributed by atoms with Crippen molar-refractivity contribution >= 4 is 5.97 Å². The number of hydrogen-bond acceptors (Lipinski definition) is 4. The van der Waals surface area contributed by atoms with Crippen LogP contribution in [0, 0.1) is 51.5 Å². The van der Waals surface area contributed by atoms with E-state index in [1.54, 1.807) is 0 Å². The standard InChI is InChI=1S/C29H45NO4/c1-16-6-7-23-17(2)26-24(30(23,32)15-16)13-22-20-12-25-29(34-25)14-19(33-18(3)31)8-11-28(29,5)21(20)9-10-27(22,26)4/h16-17,19-26H,6-15H2,1-5H3/t16-,17+,19+,20-,21+,22+,23-,24+,25-,26-,27+,28+,29-,30+/m0/s1. The quantitative estimate of drug-likeness (QED) is 0.221. The molecule has 5 nitrogen and oxygen atoms in total. The van der Waals surface area contributed by atoms with Crippen LogP contribution in [0.3, 0.4) is 0 Å². The van der Waals surface area contributed by atoms with Crippen molar-refractivity contribution < 1.29 is 18.9 Å². The topological polar surface area (TPSA) is 61.9 Å². The fourth-order valence-electron chi connectivity index (χ4n) is 12.1. The molecule has 0 aromatic rings. The monoisotopic (exact) mass is 471 g/mol. The molecule has 0 aromatic heterocycles. The van der Waals surface area contributed by atoms with Gasteiger partial charge in [0.2, 0.25) is 0 Å². The van der Waals surface area contributed by atoms with Crippen molar-refractivity contribution in [2.45, 2.75) is 122 Å². The number of quaternary nitrogens is 1. The van der Waals surface area contributed by atoms with E-state index in [1.165, 1.54) is 32.6 Å². The van der Waals surface area contributed by atoms with Crippen LogP contribution in [0.4, 0.5) is 0 Å². The van der Waals surface area contributed by atoms with Gasteiger partial charge < -0.3 is 19.3 Å². The van der Waals surface area contributed by atoms with E-state index in [-0.39, 0.29) is 27.7 Å². The van der Waals surface area contributed by atoms with Crippen molar-refractivity contribution in [3.8, 4) is 0 Å². The molecular weight excluding hydrogens is 426 g/mol. The smallest absolute Gasteiger partial charge is 0.302 e. The zero-order valence-corrected chi connectivity index (χ0v) is 21.9. The van der Waals surface area contributed by atoms with E-state index in [0.717, 1.165) is 38.6 Å². The first-order valence-corrected chi connectivity index (χ1v) is 14.5. The molecule has 3 aliphatic heterocycles. The average Bonchev–Trinajstić information content (AvgIpc) is 3.27. The Morgan fingerprint density at radius 3 is 2.59 bits per heavy atom. The number of nitrogens with zero attached hydrogens (tertiary/aromatic N) is 1. The SMILES string of the molecule is CC(=O)O[C@@H]1CC[C@]2(C)[C@@H]3CC[C@@]4(C)[C@H]5[C@H](C)[C@@H]6CC[C@H](C)C[N@+]6([O-])[C@@H]5C[C@@H]4[C@H]3C[C@@H]3O[C@@]32C1. The Kier molecular flexibility index (Phi) is 4.51. The fraction of sp³-hybridized carbons (Fsp3) is 0.966. The first-order valence-electron chi connectivity index (χ1n) is 14.5. The maximum atomic E-state index is 14.5. The number of epoxide rings is 1. The number of rotatable bonds is 1. The summed E-state index contributed by atoms with van der Waals surface area (Å²) < 4.78 is 12.5. The molecule has 14 atom stereocenters. The zero-order chi connectivity index (χ0) is 23.8. The van der Waals surface area contributed by atoms with Gasteiger partial charge in [0.25, 0.3) is 0 Å². The number of esters is 1. The molecule has 4 aliphatic carbocycles. The second kappa shape index (κ2) is 6.81. The predicted molar refractivity (Wildman–Crippen MR) is 129 cm³/mol. The Bertz CT molecular complexity index is 909. The molecule has 0 radical (unpaired) electrons. The first-order chi connectivity index (χ1) is 16.0. The largest absolute Gasteiger partial charge is 0.632 e. The van der Waals surface area contributed by atoms with Gasteiger partial charge in [0.05, 0.1) is 24.7 Å². The van der Waals surface area contributed by atoms with Crippen LogP contribution in [-0.4, -0.2) is 47.1 Å². The number of ether oxygens (including phenoxy) is 2. The third-order valence-electron chi connectivity index (χ3n) is 13.3. The number of carbonyl (C=O) groups is 1. The summed E-state index contributed by atoms with van der Waals surface area (Å²) in [4.78, 5) is 11.6. The molecule has 1 spiro atoms. The zero-order valence-electron chi connectivity index (χ0n) is 21.9. The molecule has 0 N–H and O–H groups in total. The van der Waals surface area contributed by atoms with Crippen molar-refractivity contribution in [3.05, 3.63) is 5.21 Å². The summed E-state index contributed by atoms with van der Waals surface area (Å²) in [6.45, 7) is 12.3. The van der Waals surface area contributed by atoms with Gasteiger partial charge in [-0.1, -0.05) is 27.7 Å². The van der Waals surface area contributed by atoms with Crippen LogP contribution < -0.4 is 0 Å². The maximum absolute atomic E-state index is 14.5. The minimum Gasteiger partial charge on any atom is -0.632 e. The van der Waals surface area contributed by atoms with Crippen LogP contribution in [-0.2, 0) is 14.3 Å². The molecule has 4 saturated carbocycles. The minimum atomic E-state index is -0.157. The molecule has 0 amide bonds. The number of hydroxylamine groups is 3. The van der Waals surface area contributed by atoms with E-state index in [2.05, 4.69) is 27.7 Å². The third kappa shape index (κ3) is 2.55. The number of hydrogen-bond donors (Lipinski definition) is 0. The molecule has 3 heterocycles. The van der Waals surface area contributed by atoms with Crippen molar-refractivity contribution in [2.24, 2.45) is 46.3 Å². The molecule has 0 aromatic carbocycles. The van der Waals surface area contributed by atoms with Crippen LogP contribution >= 0.6 is 0 Å². The van der Waals surface area contributed by atoms with Gasteiger partial charge in [-0.25, -0.2) is 0 Å². The van der Waals surface area contributed by atoms with Crippen molar-refractivity contribution in [2.75, 3.05) is 6.54 Å². The van der Waals surface area contributed by atoms with Crippen LogP contribution in [0.5, 0.6) is 0 Å². The van der Waals surface area contributed by atoms with Crippen LogP contribution in [0.15, 0.2) is 0 Å². The Labute approximate surface area is 205 Å². The molecule has 3 saturated heterocycles. The highest BCUT2D eigenvalue weighted by Gasteiger charge is 2.78. The van der Waals surface area contributed by atoms with Crippen LogP contribution in [0.1, 0.15) is 92.4 Å².